The Morgan fingerprint density at radius 3 is 2.67 bits per heavy atom. The molecule has 2 aromatic rings. The van der Waals surface area contributed by atoms with Gasteiger partial charge in [-0.3, -0.25) is 0 Å². The van der Waals surface area contributed by atoms with Gasteiger partial charge in [0.2, 0.25) is 5.95 Å². The molecule has 1 aromatic heterocycles. The Morgan fingerprint density at radius 2 is 1.92 bits per heavy atom. The third-order valence-electron chi connectivity index (χ3n) is 4.16. The first kappa shape index (κ1) is 17.3. The van der Waals surface area contributed by atoms with Crippen molar-refractivity contribution in [3.05, 3.63) is 46.1 Å². The zero-order chi connectivity index (χ0) is 16.9. The highest BCUT2D eigenvalue weighted by Crippen LogP contribution is 2.21. The molecule has 0 spiro atoms. The molecule has 0 radical (unpaired) electrons. The molecule has 0 bridgehead atoms. The Kier molecular flexibility index (Phi) is 5.76. The molecule has 5 nitrogen and oxygen atoms in total. The van der Waals surface area contributed by atoms with Crippen LogP contribution >= 0.6 is 23.2 Å². The number of halogens is 2. The fraction of sp³-hybridized carbons (Fsp3) is 0.412. The van der Waals surface area contributed by atoms with Gasteiger partial charge in [0.25, 0.3) is 0 Å². The zero-order valence-electron chi connectivity index (χ0n) is 13.7. The van der Waals surface area contributed by atoms with Crippen LogP contribution in [-0.4, -0.2) is 54.6 Å². The standard InChI is InChI=1S/C17H21Cl2N5/c1-23-8-10-24(11-9-23)16-5-7-21-17(22-16)20-6-4-13-2-3-14(18)12-15(13)19/h2-3,5,7,12H,4,6,8-11H2,1H3,(H,20,21,22). The van der Waals surface area contributed by atoms with Gasteiger partial charge in [0.05, 0.1) is 0 Å². The molecule has 1 aliphatic heterocycles. The minimum atomic E-state index is 0.650. The number of rotatable bonds is 5. The van der Waals surface area contributed by atoms with Gasteiger partial charge in [0.15, 0.2) is 0 Å². The van der Waals surface area contributed by atoms with E-state index >= 15 is 0 Å². The van der Waals surface area contributed by atoms with Crippen LogP contribution in [0.5, 0.6) is 0 Å². The number of likely N-dealkylation sites (N-methyl/N-ethyl adjacent to an activating group) is 1. The maximum absolute atomic E-state index is 6.20. The summed E-state index contributed by atoms with van der Waals surface area (Å²) >= 11 is 12.1. The average Bonchev–Trinajstić information content (AvgIpc) is 2.58. The maximum atomic E-state index is 6.20. The van der Waals surface area contributed by atoms with Crippen LogP contribution in [0.15, 0.2) is 30.5 Å². The van der Waals surface area contributed by atoms with Gasteiger partial charge in [-0.2, -0.15) is 4.98 Å². The van der Waals surface area contributed by atoms with E-state index in [1.807, 2.05) is 18.2 Å². The van der Waals surface area contributed by atoms with Crippen molar-refractivity contribution in [3.63, 3.8) is 0 Å². The van der Waals surface area contributed by atoms with Crippen molar-refractivity contribution in [2.24, 2.45) is 0 Å². The number of nitrogens with zero attached hydrogens (tertiary/aromatic N) is 4. The van der Waals surface area contributed by atoms with Crippen molar-refractivity contribution >= 4 is 35.0 Å². The number of hydrogen-bond acceptors (Lipinski definition) is 5. The topological polar surface area (TPSA) is 44.3 Å². The fourth-order valence-corrected chi connectivity index (χ4v) is 3.18. The number of piperazine rings is 1. The first-order valence-electron chi connectivity index (χ1n) is 8.06. The molecular weight excluding hydrogens is 345 g/mol. The summed E-state index contributed by atoms with van der Waals surface area (Å²) < 4.78 is 0. The van der Waals surface area contributed by atoms with E-state index in [1.165, 1.54) is 0 Å². The van der Waals surface area contributed by atoms with Gasteiger partial charge >= 0.3 is 0 Å². The van der Waals surface area contributed by atoms with Crippen LogP contribution in [0.2, 0.25) is 10.0 Å². The van der Waals surface area contributed by atoms with E-state index in [-0.39, 0.29) is 0 Å². The molecule has 24 heavy (non-hydrogen) atoms. The van der Waals surface area contributed by atoms with Gasteiger partial charge in [0.1, 0.15) is 5.82 Å². The zero-order valence-corrected chi connectivity index (χ0v) is 15.2. The monoisotopic (exact) mass is 365 g/mol. The van der Waals surface area contributed by atoms with Gasteiger partial charge in [0, 0.05) is 49.0 Å². The average molecular weight is 366 g/mol. The lowest BCUT2D eigenvalue weighted by molar-refractivity contribution is 0.312. The minimum absolute atomic E-state index is 0.650. The highest BCUT2D eigenvalue weighted by Gasteiger charge is 2.15. The molecule has 1 aliphatic rings. The van der Waals surface area contributed by atoms with Crippen LogP contribution in [0.4, 0.5) is 11.8 Å². The molecule has 1 N–H and O–H groups in total. The fourth-order valence-electron chi connectivity index (χ4n) is 2.68. The molecule has 1 fully saturated rings. The maximum Gasteiger partial charge on any atom is 0.224 e. The SMILES string of the molecule is CN1CCN(c2ccnc(NCCc3ccc(Cl)cc3Cl)n2)CC1. The summed E-state index contributed by atoms with van der Waals surface area (Å²) in [4.78, 5) is 13.5. The van der Waals surface area contributed by atoms with E-state index in [4.69, 9.17) is 23.2 Å². The molecule has 128 valence electrons. The highest BCUT2D eigenvalue weighted by atomic mass is 35.5. The molecule has 1 saturated heterocycles. The Bertz CT molecular complexity index is 686. The molecule has 1 aromatic carbocycles. The van der Waals surface area contributed by atoms with Gasteiger partial charge in [-0.05, 0) is 37.2 Å². The van der Waals surface area contributed by atoms with Crippen LogP contribution in [0.1, 0.15) is 5.56 Å². The van der Waals surface area contributed by atoms with Crippen LogP contribution in [0.25, 0.3) is 0 Å². The molecule has 0 amide bonds. The molecule has 7 heteroatoms. The van der Waals surface area contributed by atoms with E-state index in [0.717, 1.165) is 44.0 Å². The quantitative estimate of drug-likeness (QED) is 0.881. The first-order chi connectivity index (χ1) is 11.6. The third-order valence-corrected chi connectivity index (χ3v) is 4.75. The number of aromatic nitrogens is 2. The number of nitrogens with one attached hydrogen (secondary N) is 1. The molecule has 0 unspecified atom stereocenters. The normalized spacial score (nSPS) is 15.5. The minimum Gasteiger partial charge on any atom is -0.354 e. The van der Waals surface area contributed by atoms with Gasteiger partial charge in [-0.15, -0.1) is 0 Å². The summed E-state index contributed by atoms with van der Waals surface area (Å²) in [5.74, 6) is 1.63. The third kappa shape index (κ3) is 4.50. The van der Waals surface area contributed by atoms with Gasteiger partial charge in [-0.25, -0.2) is 4.98 Å². The lowest BCUT2D eigenvalue weighted by atomic mass is 10.1. The molecule has 0 saturated carbocycles. The van der Waals surface area contributed by atoms with Crippen molar-refractivity contribution in [1.82, 2.24) is 14.9 Å². The number of benzene rings is 1. The second-order valence-electron chi connectivity index (χ2n) is 5.94. The van der Waals surface area contributed by atoms with E-state index in [1.54, 1.807) is 12.3 Å². The predicted molar refractivity (Wildman–Crippen MR) is 100 cm³/mol. The van der Waals surface area contributed by atoms with Crippen molar-refractivity contribution in [1.29, 1.82) is 0 Å². The summed E-state index contributed by atoms with van der Waals surface area (Å²) in [5.41, 5.74) is 1.06. The van der Waals surface area contributed by atoms with E-state index in [9.17, 15) is 0 Å². The van der Waals surface area contributed by atoms with Crippen molar-refractivity contribution < 1.29 is 0 Å². The van der Waals surface area contributed by atoms with Crippen molar-refractivity contribution in [3.8, 4) is 0 Å². The summed E-state index contributed by atoms with van der Waals surface area (Å²) in [5, 5.41) is 4.62. The first-order valence-corrected chi connectivity index (χ1v) is 8.82. The van der Waals surface area contributed by atoms with E-state index in [2.05, 4.69) is 32.1 Å². The van der Waals surface area contributed by atoms with Crippen LogP contribution < -0.4 is 10.2 Å². The summed E-state index contributed by atoms with van der Waals surface area (Å²) in [6, 6.07) is 7.54. The largest absolute Gasteiger partial charge is 0.354 e. The summed E-state index contributed by atoms with van der Waals surface area (Å²) in [6.45, 7) is 4.82. The van der Waals surface area contributed by atoms with Crippen molar-refractivity contribution in [2.75, 3.05) is 50.0 Å². The second kappa shape index (κ2) is 8.01. The van der Waals surface area contributed by atoms with Crippen LogP contribution in [0, 0.1) is 0 Å². The van der Waals surface area contributed by atoms with Crippen molar-refractivity contribution in [2.45, 2.75) is 6.42 Å². The summed E-state index contributed by atoms with van der Waals surface area (Å²) in [6.07, 6.45) is 2.59. The number of hydrogen-bond donors (Lipinski definition) is 1. The lowest BCUT2D eigenvalue weighted by Gasteiger charge is -2.33. The molecule has 3 rings (SSSR count). The molecule has 0 atom stereocenters. The molecule has 0 aliphatic carbocycles. The van der Waals surface area contributed by atoms with Crippen LogP contribution in [0.3, 0.4) is 0 Å². The van der Waals surface area contributed by atoms with Crippen LogP contribution in [-0.2, 0) is 6.42 Å². The lowest BCUT2D eigenvalue weighted by Crippen LogP contribution is -2.44. The van der Waals surface area contributed by atoms with Gasteiger partial charge in [-0.1, -0.05) is 29.3 Å². The Balaban J connectivity index is 1.56. The van der Waals surface area contributed by atoms with Gasteiger partial charge < -0.3 is 15.1 Å². The smallest absolute Gasteiger partial charge is 0.224 e. The second-order valence-corrected chi connectivity index (χ2v) is 6.78. The Hall–Kier alpha value is -1.56. The predicted octanol–water partition coefficient (Wildman–Crippen LogP) is 3.19. The Morgan fingerprint density at radius 1 is 1.12 bits per heavy atom. The molecular formula is C17H21Cl2N5. The van der Waals surface area contributed by atoms with E-state index < -0.39 is 0 Å². The molecule has 2 heterocycles. The summed E-state index contributed by atoms with van der Waals surface area (Å²) in [7, 11) is 2.15. The van der Waals surface area contributed by atoms with E-state index in [0.29, 0.717) is 22.5 Å². The Labute approximate surface area is 152 Å². The number of anilines is 2. The highest BCUT2D eigenvalue weighted by molar-refractivity contribution is 6.35.